The Morgan fingerprint density at radius 3 is 2.26 bits per heavy atom. The number of para-hydroxylation sites is 1. The van der Waals surface area contributed by atoms with Crippen molar-refractivity contribution in [1.82, 2.24) is 13.7 Å². The molecule has 158 valence electrons. The monoisotopic (exact) mass is 416 g/mol. The molecule has 0 bridgehead atoms. The van der Waals surface area contributed by atoms with Gasteiger partial charge in [-0.15, -0.1) is 0 Å². The summed E-state index contributed by atoms with van der Waals surface area (Å²) in [7, 11) is 1.57. The lowest BCUT2D eigenvalue weighted by Gasteiger charge is -2.19. The lowest BCUT2D eigenvalue weighted by molar-refractivity contribution is 0.652. The van der Waals surface area contributed by atoms with Gasteiger partial charge >= 0.3 is 5.69 Å². The van der Waals surface area contributed by atoms with Gasteiger partial charge in [0.05, 0.1) is 11.4 Å². The molecule has 0 saturated heterocycles. The summed E-state index contributed by atoms with van der Waals surface area (Å²) in [5, 5.41) is 3.49. The number of nitrogens with zero attached hydrogens (tertiary/aromatic N) is 3. The summed E-state index contributed by atoms with van der Waals surface area (Å²) in [6, 6.07) is 16.5. The molecule has 0 fully saturated rings. The Morgan fingerprint density at radius 2 is 1.61 bits per heavy atom. The van der Waals surface area contributed by atoms with Crippen molar-refractivity contribution in [3.63, 3.8) is 0 Å². The molecule has 4 rings (SSSR count). The maximum atomic E-state index is 13.4. The molecule has 0 aliphatic carbocycles. The highest BCUT2D eigenvalue weighted by molar-refractivity contribution is 5.91. The van der Waals surface area contributed by atoms with Crippen molar-refractivity contribution in [3.05, 3.63) is 96.9 Å². The molecule has 0 unspecified atom stereocenters. The second kappa shape index (κ2) is 7.75. The van der Waals surface area contributed by atoms with Crippen LogP contribution in [0.2, 0.25) is 0 Å². The molecule has 1 N–H and O–H groups in total. The summed E-state index contributed by atoms with van der Waals surface area (Å²) in [4.78, 5) is 39.6. The molecule has 0 aliphatic heterocycles. The standard InChI is InChI=1S/C24H24N4O3/c1-5-27-23(30)21-18(25-17-12-10-15(2)11-13-17)14-20(29)26(4)22(21)28(24(27)31)19-9-7-6-8-16(19)3/h6-14,25H,5H2,1-4H3. The van der Waals surface area contributed by atoms with Crippen LogP contribution in [-0.2, 0) is 13.6 Å². The van der Waals surface area contributed by atoms with Crippen LogP contribution in [0.4, 0.5) is 11.4 Å². The summed E-state index contributed by atoms with van der Waals surface area (Å²) in [5.41, 5.74) is 2.73. The van der Waals surface area contributed by atoms with Gasteiger partial charge in [0.25, 0.3) is 11.1 Å². The maximum absolute atomic E-state index is 13.4. The van der Waals surface area contributed by atoms with E-state index in [1.807, 2.05) is 62.4 Å². The number of fused-ring (bicyclic) bond motifs is 1. The molecular weight excluding hydrogens is 392 g/mol. The van der Waals surface area contributed by atoms with Crippen LogP contribution in [0.25, 0.3) is 16.7 Å². The van der Waals surface area contributed by atoms with Gasteiger partial charge in [-0.1, -0.05) is 35.9 Å². The lowest BCUT2D eigenvalue weighted by atomic mass is 10.1. The Morgan fingerprint density at radius 1 is 0.935 bits per heavy atom. The Kier molecular flexibility index (Phi) is 5.10. The van der Waals surface area contributed by atoms with Crippen molar-refractivity contribution in [1.29, 1.82) is 0 Å². The third-order valence-corrected chi connectivity index (χ3v) is 5.51. The molecule has 0 radical (unpaired) electrons. The first kappa shape index (κ1) is 20.4. The summed E-state index contributed by atoms with van der Waals surface area (Å²) < 4.78 is 4.00. The zero-order valence-corrected chi connectivity index (χ0v) is 18.0. The summed E-state index contributed by atoms with van der Waals surface area (Å²) in [6.45, 7) is 5.85. The third-order valence-electron chi connectivity index (χ3n) is 5.51. The average molecular weight is 416 g/mol. The van der Waals surface area contributed by atoms with Crippen LogP contribution in [0.5, 0.6) is 0 Å². The fourth-order valence-electron chi connectivity index (χ4n) is 3.79. The number of pyridine rings is 1. The van der Waals surface area contributed by atoms with Crippen LogP contribution in [0.1, 0.15) is 18.1 Å². The molecule has 7 nitrogen and oxygen atoms in total. The Bertz CT molecular complexity index is 1470. The van der Waals surface area contributed by atoms with E-state index in [9.17, 15) is 14.4 Å². The Hall–Kier alpha value is -3.87. The minimum absolute atomic E-state index is 0.215. The van der Waals surface area contributed by atoms with Gasteiger partial charge in [0.15, 0.2) is 0 Å². The third kappa shape index (κ3) is 3.38. The maximum Gasteiger partial charge on any atom is 0.337 e. The van der Waals surface area contributed by atoms with Gasteiger partial charge in [-0.2, -0.15) is 0 Å². The van der Waals surface area contributed by atoms with Gasteiger partial charge in [0.2, 0.25) is 0 Å². The number of nitrogens with one attached hydrogen (secondary N) is 1. The number of aryl methyl sites for hydroxylation is 3. The fourth-order valence-corrected chi connectivity index (χ4v) is 3.79. The smallest absolute Gasteiger partial charge is 0.337 e. The first-order valence-electron chi connectivity index (χ1n) is 10.1. The first-order chi connectivity index (χ1) is 14.8. The number of benzene rings is 2. The molecule has 4 aromatic rings. The van der Waals surface area contributed by atoms with Crippen LogP contribution >= 0.6 is 0 Å². The second-order valence-corrected chi connectivity index (χ2v) is 7.60. The van der Waals surface area contributed by atoms with E-state index in [2.05, 4.69) is 5.32 Å². The van der Waals surface area contributed by atoms with E-state index in [1.54, 1.807) is 14.0 Å². The van der Waals surface area contributed by atoms with Crippen molar-refractivity contribution in [3.8, 4) is 5.69 Å². The van der Waals surface area contributed by atoms with Crippen molar-refractivity contribution < 1.29 is 0 Å². The number of anilines is 2. The van der Waals surface area contributed by atoms with Gasteiger partial charge in [-0.25, -0.2) is 9.36 Å². The molecule has 2 heterocycles. The highest BCUT2D eigenvalue weighted by atomic mass is 16.2. The van der Waals surface area contributed by atoms with Crippen molar-refractivity contribution in [2.45, 2.75) is 27.3 Å². The van der Waals surface area contributed by atoms with E-state index in [1.165, 1.54) is 19.8 Å². The topological polar surface area (TPSA) is 78.0 Å². The fraction of sp³-hybridized carbons (Fsp3) is 0.208. The van der Waals surface area contributed by atoms with Gasteiger partial charge < -0.3 is 5.32 Å². The van der Waals surface area contributed by atoms with Gasteiger partial charge in [-0.05, 0) is 44.5 Å². The van der Waals surface area contributed by atoms with Crippen molar-refractivity contribution in [2.24, 2.45) is 7.05 Å². The van der Waals surface area contributed by atoms with E-state index in [4.69, 9.17) is 0 Å². The molecule has 0 aliphatic rings. The molecule has 0 amide bonds. The Balaban J connectivity index is 2.17. The van der Waals surface area contributed by atoms with Crippen LogP contribution in [0, 0.1) is 13.8 Å². The zero-order chi connectivity index (χ0) is 22.3. The average Bonchev–Trinajstić information content (AvgIpc) is 2.74. The minimum Gasteiger partial charge on any atom is -0.355 e. The largest absolute Gasteiger partial charge is 0.355 e. The molecule has 0 atom stereocenters. The summed E-state index contributed by atoms with van der Waals surface area (Å²) in [5.74, 6) is 0. The Labute approximate surface area is 178 Å². The lowest BCUT2D eigenvalue weighted by Crippen LogP contribution is -2.41. The van der Waals surface area contributed by atoms with E-state index in [-0.39, 0.29) is 23.1 Å². The second-order valence-electron chi connectivity index (χ2n) is 7.60. The number of hydrogen-bond donors (Lipinski definition) is 1. The van der Waals surface area contributed by atoms with Crippen LogP contribution in [-0.4, -0.2) is 13.7 Å². The van der Waals surface area contributed by atoms with Crippen LogP contribution in [0.3, 0.4) is 0 Å². The normalized spacial score (nSPS) is 11.1. The van der Waals surface area contributed by atoms with Crippen molar-refractivity contribution >= 4 is 22.4 Å². The van der Waals surface area contributed by atoms with Crippen LogP contribution < -0.4 is 22.1 Å². The van der Waals surface area contributed by atoms with E-state index < -0.39 is 11.2 Å². The van der Waals surface area contributed by atoms with E-state index in [0.29, 0.717) is 11.4 Å². The molecule has 31 heavy (non-hydrogen) atoms. The molecule has 2 aromatic heterocycles. The predicted octanol–water partition coefficient (Wildman–Crippen LogP) is 3.23. The van der Waals surface area contributed by atoms with Crippen molar-refractivity contribution in [2.75, 3.05) is 5.32 Å². The van der Waals surface area contributed by atoms with Gasteiger partial charge in [0.1, 0.15) is 11.0 Å². The quantitative estimate of drug-likeness (QED) is 0.554. The molecule has 0 saturated carbocycles. The number of hydrogen-bond acceptors (Lipinski definition) is 4. The predicted molar refractivity (Wildman–Crippen MR) is 124 cm³/mol. The van der Waals surface area contributed by atoms with Gasteiger partial charge in [0, 0.05) is 25.3 Å². The highest BCUT2D eigenvalue weighted by Gasteiger charge is 2.21. The van der Waals surface area contributed by atoms with Crippen LogP contribution in [0.15, 0.2) is 69.0 Å². The number of aromatic nitrogens is 3. The molecule has 7 heteroatoms. The number of rotatable bonds is 4. The van der Waals surface area contributed by atoms with E-state index in [0.717, 1.165) is 16.8 Å². The molecular formula is C24H24N4O3. The zero-order valence-electron chi connectivity index (χ0n) is 18.0. The molecule has 0 spiro atoms. The minimum atomic E-state index is -0.475. The first-order valence-corrected chi connectivity index (χ1v) is 10.1. The van der Waals surface area contributed by atoms with E-state index >= 15 is 0 Å². The SMILES string of the molecule is CCn1c(=O)c2c(Nc3ccc(C)cc3)cc(=O)n(C)c2n(-c2ccccc2C)c1=O. The van der Waals surface area contributed by atoms with Gasteiger partial charge in [-0.3, -0.25) is 18.7 Å². The summed E-state index contributed by atoms with van der Waals surface area (Å²) >= 11 is 0. The summed E-state index contributed by atoms with van der Waals surface area (Å²) in [6.07, 6.45) is 0. The highest BCUT2D eigenvalue weighted by Crippen LogP contribution is 2.24. The molecule has 2 aromatic carbocycles.